The monoisotopic (exact) mass is 332 g/mol. The largest absolute Gasteiger partial charge is 0.508 e. The number of nitrogens with one attached hydrogen (secondary N) is 1. The van der Waals surface area contributed by atoms with E-state index in [9.17, 15) is 5.11 Å². The Hall–Kier alpha value is -2.24. The molecular weight excluding hydrogens is 320 g/mol. The summed E-state index contributed by atoms with van der Waals surface area (Å²) in [5, 5.41) is 16.0. The fourth-order valence-corrected chi connectivity index (χ4v) is 2.99. The van der Waals surface area contributed by atoms with Gasteiger partial charge in [-0.05, 0) is 30.3 Å². The van der Waals surface area contributed by atoms with E-state index in [1.807, 2.05) is 17.5 Å². The van der Waals surface area contributed by atoms with E-state index in [4.69, 9.17) is 16.3 Å². The standard InChI is InChI=1S/C16H13ClN2O2S/c1-21-15-6-5-11(8-13(15)17)18-16-19-14(9-22-16)10-3-2-4-12(20)7-10/h2-9,20H,1H3,(H,18,19). The van der Waals surface area contributed by atoms with Crippen LogP contribution in [0.3, 0.4) is 0 Å². The van der Waals surface area contributed by atoms with Crippen LogP contribution in [0.1, 0.15) is 0 Å². The predicted molar refractivity (Wildman–Crippen MR) is 90.5 cm³/mol. The molecule has 3 rings (SSSR count). The smallest absolute Gasteiger partial charge is 0.187 e. The van der Waals surface area contributed by atoms with Gasteiger partial charge in [0.2, 0.25) is 0 Å². The Morgan fingerprint density at radius 3 is 2.82 bits per heavy atom. The van der Waals surface area contributed by atoms with Crippen molar-refractivity contribution in [3.63, 3.8) is 0 Å². The first-order chi connectivity index (χ1) is 10.7. The minimum atomic E-state index is 0.224. The van der Waals surface area contributed by atoms with Gasteiger partial charge in [0.05, 0.1) is 17.8 Å². The number of hydrogen-bond donors (Lipinski definition) is 2. The number of thiazole rings is 1. The summed E-state index contributed by atoms with van der Waals surface area (Å²) < 4.78 is 5.13. The van der Waals surface area contributed by atoms with Crippen molar-refractivity contribution in [2.75, 3.05) is 12.4 Å². The topological polar surface area (TPSA) is 54.4 Å². The molecule has 4 nitrogen and oxygen atoms in total. The Balaban J connectivity index is 1.81. The van der Waals surface area contributed by atoms with Crippen molar-refractivity contribution in [3.05, 3.63) is 52.9 Å². The maximum atomic E-state index is 9.53. The van der Waals surface area contributed by atoms with Crippen LogP contribution in [0.25, 0.3) is 11.3 Å². The van der Waals surface area contributed by atoms with Crippen LogP contribution in [0.4, 0.5) is 10.8 Å². The number of ether oxygens (including phenoxy) is 1. The molecule has 112 valence electrons. The van der Waals surface area contributed by atoms with E-state index < -0.39 is 0 Å². The summed E-state index contributed by atoms with van der Waals surface area (Å²) >= 11 is 7.59. The number of aromatic nitrogens is 1. The summed E-state index contributed by atoms with van der Waals surface area (Å²) in [6.45, 7) is 0. The van der Waals surface area contributed by atoms with E-state index in [2.05, 4.69) is 10.3 Å². The van der Waals surface area contributed by atoms with Gasteiger partial charge in [-0.1, -0.05) is 23.7 Å². The fraction of sp³-hybridized carbons (Fsp3) is 0.0625. The third-order valence-electron chi connectivity index (χ3n) is 3.05. The van der Waals surface area contributed by atoms with Crippen LogP contribution in [0, 0.1) is 0 Å². The normalized spacial score (nSPS) is 10.5. The van der Waals surface area contributed by atoms with E-state index in [0.717, 1.165) is 22.1 Å². The first-order valence-electron chi connectivity index (χ1n) is 6.51. The van der Waals surface area contributed by atoms with Gasteiger partial charge in [0.15, 0.2) is 5.13 Å². The number of halogens is 1. The Bertz CT molecular complexity index is 804. The van der Waals surface area contributed by atoms with E-state index in [-0.39, 0.29) is 5.75 Å². The molecular formula is C16H13ClN2O2S. The first kappa shape index (κ1) is 14.7. The van der Waals surface area contributed by atoms with Crippen LogP contribution in [0.5, 0.6) is 11.5 Å². The van der Waals surface area contributed by atoms with Gasteiger partial charge >= 0.3 is 0 Å². The molecule has 0 saturated heterocycles. The third kappa shape index (κ3) is 3.16. The number of hydrogen-bond acceptors (Lipinski definition) is 5. The van der Waals surface area contributed by atoms with Gasteiger partial charge in [-0.15, -0.1) is 11.3 Å². The molecule has 0 radical (unpaired) electrons. The van der Waals surface area contributed by atoms with Crippen LogP contribution in [-0.2, 0) is 0 Å². The van der Waals surface area contributed by atoms with Crippen LogP contribution in [0.15, 0.2) is 47.8 Å². The number of nitrogens with zero attached hydrogens (tertiary/aromatic N) is 1. The van der Waals surface area contributed by atoms with Gasteiger partial charge in [0.25, 0.3) is 0 Å². The molecule has 0 atom stereocenters. The lowest BCUT2D eigenvalue weighted by Crippen LogP contribution is -1.91. The van der Waals surface area contributed by atoms with Gasteiger partial charge in [-0.25, -0.2) is 4.98 Å². The number of phenols is 1. The van der Waals surface area contributed by atoms with Crippen molar-refractivity contribution in [3.8, 4) is 22.8 Å². The predicted octanol–water partition coefficient (Wildman–Crippen LogP) is 4.92. The molecule has 2 aromatic carbocycles. The molecule has 22 heavy (non-hydrogen) atoms. The molecule has 0 spiro atoms. The zero-order chi connectivity index (χ0) is 15.5. The maximum absolute atomic E-state index is 9.53. The second kappa shape index (κ2) is 6.25. The van der Waals surface area contributed by atoms with Crippen molar-refractivity contribution in [1.82, 2.24) is 4.98 Å². The summed E-state index contributed by atoms with van der Waals surface area (Å²) in [4.78, 5) is 4.51. The van der Waals surface area contributed by atoms with Crippen molar-refractivity contribution < 1.29 is 9.84 Å². The zero-order valence-corrected chi connectivity index (χ0v) is 13.3. The molecule has 1 aromatic heterocycles. The molecule has 1 heterocycles. The summed E-state index contributed by atoms with van der Waals surface area (Å²) in [6, 6.07) is 12.5. The maximum Gasteiger partial charge on any atom is 0.187 e. The highest BCUT2D eigenvalue weighted by Crippen LogP contribution is 2.31. The minimum absolute atomic E-state index is 0.224. The van der Waals surface area contributed by atoms with E-state index in [0.29, 0.717) is 10.8 Å². The number of anilines is 2. The highest BCUT2D eigenvalue weighted by atomic mass is 35.5. The Kier molecular flexibility index (Phi) is 4.18. The Labute approximate surface area is 137 Å². The number of methoxy groups -OCH3 is 1. The molecule has 0 fully saturated rings. The van der Waals surface area contributed by atoms with Crippen LogP contribution in [-0.4, -0.2) is 17.2 Å². The molecule has 0 amide bonds. The van der Waals surface area contributed by atoms with Gasteiger partial charge in [-0.3, -0.25) is 0 Å². The lowest BCUT2D eigenvalue weighted by atomic mass is 10.2. The molecule has 0 saturated carbocycles. The third-order valence-corrected chi connectivity index (χ3v) is 4.10. The summed E-state index contributed by atoms with van der Waals surface area (Å²) in [5.74, 6) is 0.855. The minimum Gasteiger partial charge on any atom is -0.508 e. The van der Waals surface area contributed by atoms with Gasteiger partial charge < -0.3 is 15.2 Å². The molecule has 0 aliphatic heterocycles. The molecule has 2 N–H and O–H groups in total. The zero-order valence-electron chi connectivity index (χ0n) is 11.7. The van der Waals surface area contributed by atoms with E-state index in [1.165, 1.54) is 11.3 Å². The quantitative estimate of drug-likeness (QED) is 0.712. The number of aromatic hydroxyl groups is 1. The highest BCUT2D eigenvalue weighted by Gasteiger charge is 2.07. The van der Waals surface area contributed by atoms with Crippen LogP contribution < -0.4 is 10.1 Å². The lowest BCUT2D eigenvalue weighted by molar-refractivity contribution is 0.415. The van der Waals surface area contributed by atoms with Crippen LogP contribution in [0.2, 0.25) is 5.02 Å². The van der Waals surface area contributed by atoms with Crippen molar-refractivity contribution in [2.45, 2.75) is 0 Å². The second-order valence-corrected chi connectivity index (χ2v) is 5.83. The Morgan fingerprint density at radius 1 is 1.23 bits per heavy atom. The molecule has 0 aliphatic rings. The molecule has 0 bridgehead atoms. The molecule has 6 heteroatoms. The highest BCUT2D eigenvalue weighted by molar-refractivity contribution is 7.14. The van der Waals surface area contributed by atoms with Crippen molar-refractivity contribution in [1.29, 1.82) is 0 Å². The summed E-state index contributed by atoms with van der Waals surface area (Å²) in [5.41, 5.74) is 2.52. The molecule has 0 aliphatic carbocycles. The lowest BCUT2D eigenvalue weighted by Gasteiger charge is -2.06. The van der Waals surface area contributed by atoms with Gasteiger partial charge in [-0.2, -0.15) is 0 Å². The van der Waals surface area contributed by atoms with Crippen molar-refractivity contribution >= 4 is 33.8 Å². The summed E-state index contributed by atoms with van der Waals surface area (Å²) in [7, 11) is 1.58. The van der Waals surface area contributed by atoms with Gasteiger partial charge in [0, 0.05) is 16.6 Å². The van der Waals surface area contributed by atoms with Gasteiger partial charge in [0.1, 0.15) is 11.5 Å². The average molecular weight is 333 g/mol. The fourth-order valence-electron chi connectivity index (χ4n) is 2.00. The van der Waals surface area contributed by atoms with E-state index in [1.54, 1.807) is 37.4 Å². The summed E-state index contributed by atoms with van der Waals surface area (Å²) in [6.07, 6.45) is 0. The van der Waals surface area contributed by atoms with E-state index >= 15 is 0 Å². The van der Waals surface area contributed by atoms with Crippen LogP contribution >= 0.6 is 22.9 Å². The molecule has 0 unspecified atom stereocenters. The van der Waals surface area contributed by atoms with Crippen molar-refractivity contribution in [2.24, 2.45) is 0 Å². The SMILES string of the molecule is COc1ccc(Nc2nc(-c3cccc(O)c3)cs2)cc1Cl. The second-order valence-electron chi connectivity index (χ2n) is 4.56. The molecule has 3 aromatic rings. The first-order valence-corrected chi connectivity index (χ1v) is 7.77. The number of benzene rings is 2. The average Bonchev–Trinajstić information content (AvgIpc) is 2.96. The number of rotatable bonds is 4. The Morgan fingerprint density at radius 2 is 2.09 bits per heavy atom. The number of phenolic OH excluding ortho intramolecular Hbond substituents is 1.